The van der Waals surface area contributed by atoms with E-state index in [0.29, 0.717) is 6.04 Å². The van der Waals surface area contributed by atoms with Crippen molar-refractivity contribution < 1.29 is 0 Å². The largest absolute Gasteiger partial charge is 0.357 e. The average molecular weight is 247 g/mol. The highest BCUT2D eigenvalue weighted by Gasteiger charge is 2.20. The zero-order chi connectivity index (χ0) is 12.8. The summed E-state index contributed by atoms with van der Waals surface area (Å²) in [5.41, 5.74) is 1.14. The van der Waals surface area contributed by atoms with Crippen molar-refractivity contribution in [2.45, 2.75) is 51.6 Å². The standard InChI is InChI=1S/C15H25N3/c1-3-11-16-12-13-7-6-10-15(17-13)18(2)14-8-4-5-9-14/h6-7,10,14,16H,3-5,8-9,11-12H2,1-2H3. The van der Waals surface area contributed by atoms with Crippen LogP contribution in [-0.4, -0.2) is 24.6 Å². The van der Waals surface area contributed by atoms with E-state index < -0.39 is 0 Å². The first-order chi connectivity index (χ1) is 8.81. The normalized spacial score (nSPS) is 16.1. The number of anilines is 1. The molecular weight excluding hydrogens is 222 g/mol. The van der Waals surface area contributed by atoms with Crippen LogP contribution < -0.4 is 10.2 Å². The first-order valence-corrected chi connectivity index (χ1v) is 7.20. The molecular formula is C15H25N3. The molecule has 1 saturated carbocycles. The van der Waals surface area contributed by atoms with Crippen LogP contribution in [-0.2, 0) is 6.54 Å². The SMILES string of the molecule is CCCNCc1cccc(N(C)C2CCCC2)n1. The third-order valence-electron chi connectivity index (χ3n) is 3.76. The van der Waals surface area contributed by atoms with Crippen LogP contribution in [0, 0.1) is 0 Å². The molecule has 0 atom stereocenters. The van der Waals surface area contributed by atoms with Gasteiger partial charge in [0.1, 0.15) is 5.82 Å². The molecule has 1 aliphatic carbocycles. The summed E-state index contributed by atoms with van der Waals surface area (Å²) >= 11 is 0. The lowest BCUT2D eigenvalue weighted by molar-refractivity contribution is 0.637. The van der Waals surface area contributed by atoms with E-state index in [1.807, 2.05) is 0 Å². The van der Waals surface area contributed by atoms with Crippen LogP contribution >= 0.6 is 0 Å². The molecule has 1 aromatic rings. The van der Waals surface area contributed by atoms with Crippen LogP contribution in [0.5, 0.6) is 0 Å². The highest BCUT2D eigenvalue weighted by atomic mass is 15.2. The fourth-order valence-electron chi connectivity index (χ4n) is 2.63. The molecule has 100 valence electrons. The van der Waals surface area contributed by atoms with E-state index in [0.717, 1.165) is 24.6 Å². The maximum Gasteiger partial charge on any atom is 0.128 e. The summed E-state index contributed by atoms with van der Waals surface area (Å²) in [5, 5.41) is 3.41. The first-order valence-electron chi connectivity index (χ1n) is 7.20. The van der Waals surface area contributed by atoms with Gasteiger partial charge >= 0.3 is 0 Å². The second-order valence-corrected chi connectivity index (χ2v) is 5.21. The zero-order valence-electron chi connectivity index (χ0n) is 11.7. The Labute approximate surface area is 111 Å². The number of hydrogen-bond acceptors (Lipinski definition) is 3. The van der Waals surface area contributed by atoms with E-state index in [4.69, 9.17) is 4.98 Å². The molecule has 0 spiro atoms. The second kappa shape index (κ2) is 6.74. The zero-order valence-corrected chi connectivity index (χ0v) is 11.7. The maximum atomic E-state index is 4.75. The maximum absolute atomic E-state index is 4.75. The first kappa shape index (κ1) is 13.3. The Morgan fingerprint density at radius 3 is 2.83 bits per heavy atom. The number of hydrogen-bond donors (Lipinski definition) is 1. The number of aromatic nitrogens is 1. The summed E-state index contributed by atoms with van der Waals surface area (Å²) in [7, 11) is 2.18. The molecule has 0 bridgehead atoms. The fraction of sp³-hybridized carbons (Fsp3) is 0.667. The van der Waals surface area contributed by atoms with Gasteiger partial charge in [0.25, 0.3) is 0 Å². The monoisotopic (exact) mass is 247 g/mol. The molecule has 0 aromatic carbocycles. The smallest absolute Gasteiger partial charge is 0.128 e. The number of nitrogens with one attached hydrogen (secondary N) is 1. The van der Waals surface area contributed by atoms with E-state index in [1.165, 1.54) is 32.1 Å². The predicted octanol–water partition coefficient (Wildman–Crippen LogP) is 2.96. The molecule has 1 heterocycles. The summed E-state index contributed by atoms with van der Waals surface area (Å²) < 4.78 is 0. The third-order valence-corrected chi connectivity index (χ3v) is 3.76. The highest BCUT2D eigenvalue weighted by molar-refractivity contribution is 5.39. The van der Waals surface area contributed by atoms with E-state index in [1.54, 1.807) is 0 Å². The minimum atomic E-state index is 0.691. The quantitative estimate of drug-likeness (QED) is 0.783. The Kier molecular flexibility index (Phi) is 5.00. The van der Waals surface area contributed by atoms with Crippen molar-refractivity contribution in [3.63, 3.8) is 0 Å². The highest BCUT2D eigenvalue weighted by Crippen LogP contribution is 2.25. The molecule has 0 saturated heterocycles. The van der Waals surface area contributed by atoms with Crippen molar-refractivity contribution in [3.8, 4) is 0 Å². The molecule has 2 rings (SSSR count). The van der Waals surface area contributed by atoms with Crippen molar-refractivity contribution in [2.24, 2.45) is 0 Å². The lowest BCUT2D eigenvalue weighted by Gasteiger charge is -2.25. The molecule has 0 amide bonds. The Balaban J connectivity index is 1.97. The summed E-state index contributed by atoms with van der Waals surface area (Å²) in [4.78, 5) is 7.11. The number of rotatable bonds is 6. The van der Waals surface area contributed by atoms with Crippen LogP contribution in [0.2, 0.25) is 0 Å². The molecule has 18 heavy (non-hydrogen) atoms. The van der Waals surface area contributed by atoms with Crippen LogP contribution in [0.4, 0.5) is 5.82 Å². The Bertz CT molecular complexity index is 359. The van der Waals surface area contributed by atoms with E-state index in [-0.39, 0.29) is 0 Å². The molecule has 1 aliphatic rings. The van der Waals surface area contributed by atoms with Gasteiger partial charge in [-0.25, -0.2) is 4.98 Å². The molecule has 1 fully saturated rings. The van der Waals surface area contributed by atoms with Crippen molar-refractivity contribution in [3.05, 3.63) is 23.9 Å². The molecule has 0 unspecified atom stereocenters. The van der Waals surface area contributed by atoms with Crippen molar-refractivity contribution in [1.82, 2.24) is 10.3 Å². The van der Waals surface area contributed by atoms with Gasteiger partial charge in [0.2, 0.25) is 0 Å². The second-order valence-electron chi connectivity index (χ2n) is 5.21. The molecule has 1 N–H and O–H groups in total. The number of pyridine rings is 1. The molecule has 0 radical (unpaired) electrons. The molecule has 3 nitrogen and oxygen atoms in total. The molecule has 0 aliphatic heterocycles. The topological polar surface area (TPSA) is 28.2 Å². The lowest BCUT2D eigenvalue weighted by atomic mass is 10.2. The van der Waals surface area contributed by atoms with E-state index >= 15 is 0 Å². The Hall–Kier alpha value is -1.09. The lowest BCUT2D eigenvalue weighted by Crippen LogP contribution is -2.29. The van der Waals surface area contributed by atoms with Crippen molar-refractivity contribution in [1.29, 1.82) is 0 Å². The van der Waals surface area contributed by atoms with Crippen LogP contribution in [0.25, 0.3) is 0 Å². The van der Waals surface area contributed by atoms with E-state index in [9.17, 15) is 0 Å². The average Bonchev–Trinajstić information content (AvgIpc) is 2.92. The van der Waals surface area contributed by atoms with Gasteiger partial charge in [-0.15, -0.1) is 0 Å². The van der Waals surface area contributed by atoms with Gasteiger partial charge in [-0.05, 0) is 37.9 Å². The van der Waals surface area contributed by atoms with Crippen LogP contribution in [0.1, 0.15) is 44.7 Å². The minimum absolute atomic E-state index is 0.691. The van der Waals surface area contributed by atoms with Gasteiger partial charge in [0.15, 0.2) is 0 Å². The van der Waals surface area contributed by atoms with Crippen molar-refractivity contribution in [2.75, 3.05) is 18.5 Å². The van der Waals surface area contributed by atoms with Crippen LogP contribution in [0.15, 0.2) is 18.2 Å². The van der Waals surface area contributed by atoms with Crippen LogP contribution in [0.3, 0.4) is 0 Å². The van der Waals surface area contributed by atoms with Crippen molar-refractivity contribution >= 4 is 5.82 Å². The van der Waals surface area contributed by atoms with Gasteiger partial charge < -0.3 is 10.2 Å². The summed E-state index contributed by atoms with van der Waals surface area (Å²) in [6.07, 6.45) is 6.54. The summed E-state index contributed by atoms with van der Waals surface area (Å²) in [5.74, 6) is 1.12. The van der Waals surface area contributed by atoms with Gasteiger partial charge in [-0.3, -0.25) is 0 Å². The molecule has 1 aromatic heterocycles. The fourth-order valence-corrected chi connectivity index (χ4v) is 2.63. The van der Waals surface area contributed by atoms with Gasteiger partial charge in [0, 0.05) is 19.6 Å². The summed E-state index contributed by atoms with van der Waals surface area (Å²) in [6, 6.07) is 7.05. The predicted molar refractivity (Wildman–Crippen MR) is 76.9 cm³/mol. The van der Waals surface area contributed by atoms with Gasteiger partial charge in [-0.1, -0.05) is 25.8 Å². The Morgan fingerprint density at radius 2 is 2.11 bits per heavy atom. The Morgan fingerprint density at radius 1 is 1.33 bits per heavy atom. The summed E-state index contributed by atoms with van der Waals surface area (Å²) in [6.45, 7) is 4.12. The van der Waals surface area contributed by atoms with Gasteiger partial charge in [-0.2, -0.15) is 0 Å². The van der Waals surface area contributed by atoms with Gasteiger partial charge in [0.05, 0.1) is 5.69 Å². The van der Waals surface area contributed by atoms with E-state index in [2.05, 4.69) is 42.4 Å². The minimum Gasteiger partial charge on any atom is -0.357 e. The third kappa shape index (κ3) is 3.45. The molecule has 3 heteroatoms. The number of nitrogens with zero attached hydrogens (tertiary/aromatic N) is 2.